The predicted octanol–water partition coefficient (Wildman–Crippen LogP) is 2.13. The van der Waals surface area contributed by atoms with Crippen LogP contribution in [0.4, 0.5) is 0 Å². The molecule has 286 valence electrons. The number of para-hydroxylation sites is 1. The molecule has 0 aliphatic carbocycles. The lowest BCUT2D eigenvalue weighted by atomic mass is 10.0. The number of halogens is 1. The number of benzene rings is 3. The van der Waals surface area contributed by atoms with Crippen molar-refractivity contribution in [3.8, 4) is 0 Å². The number of hydrogen-bond donors (Lipinski definition) is 8. The first-order chi connectivity index (χ1) is 25.9. The molecule has 4 rings (SSSR count). The highest BCUT2D eigenvalue weighted by Crippen LogP contribution is 2.19. The average Bonchev–Trinajstić information content (AvgIpc) is 3.55. The summed E-state index contributed by atoms with van der Waals surface area (Å²) in [5.41, 5.74) is 19.9. The molecule has 0 aliphatic heterocycles. The number of rotatable bonds is 20. The van der Waals surface area contributed by atoms with Gasteiger partial charge < -0.3 is 43.5 Å². The number of H-pyrrole nitrogens is 1. The molecule has 1 heterocycles. The first-order valence-electron chi connectivity index (χ1n) is 17.8. The Balaban J connectivity index is 1.58. The van der Waals surface area contributed by atoms with Gasteiger partial charge in [-0.25, -0.2) is 0 Å². The molecule has 1 aromatic heterocycles. The molecule has 4 aromatic rings. The summed E-state index contributed by atoms with van der Waals surface area (Å²) >= 11 is 6.07. The second-order valence-electron chi connectivity index (χ2n) is 13.0. The van der Waals surface area contributed by atoms with Gasteiger partial charge in [0.2, 0.25) is 29.5 Å². The minimum atomic E-state index is -1.17. The summed E-state index contributed by atoms with van der Waals surface area (Å²) in [4.78, 5) is 74.4. The fourth-order valence-electron chi connectivity index (χ4n) is 5.95. The van der Waals surface area contributed by atoms with Crippen LogP contribution in [-0.4, -0.2) is 71.2 Å². The summed E-state index contributed by atoms with van der Waals surface area (Å²) in [6.45, 7) is 2.02. The first-order valence-corrected chi connectivity index (χ1v) is 18.2. The van der Waals surface area contributed by atoms with Crippen molar-refractivity contribution in [1.29, 1.82) is 0 Å². The number of nitrogens with two attached hydrogens (primary N) is 3. The zero-order valence-electron chi connectivity index (χ0n) is 30.1. The van der Waals surface area contributed by atoms with Gasteiger partial charge in [0.05, 0.1) is 0 Å². The number of primary amides is 1. The number of fused-ring (bicyclic) bond motifs is 1. The minimum Gasteiger partial charge on any atom is -0.370 e. The maximum absolute atomic E-state index is 14.1. The van der Waals surface area contributed by atoms with E-state index in [2.05, 4.69) is 31.2 Å². The number of aromatic amines is 1. The number of guanidine groups is 1. The number of hydrogen-bond acceptors (Lipinski definition) is 6. The monoisotopic (exact) mass is 757 g/mol. The van der Waals surface area contributed by atoms with Crippen molar-refractivity contribution in [3.05, 3.63) is 107 Å². The van der Waals surface area contributed by atoms with Crippen LogP contribution in [0.3, 0.4) is 0 Å². The highest BCUT2D eigenvalue weighted by atomic mass is 35.5. The standard InChI is InChI=1S/C39H48ClN9O5/c1-2-9-34(50)46-32(21-25-15-17-27(40)18-16-25)37(53)49-33(20-24-10-4-3-5-11-24)38(54)47-30(14-8-19-44-39(42)43)36(52)48-31(35(41)51)22-26-23-45-29-13-7-6-12-28(26)29/h3-7,10-13,15-18,23,30-33,45H,2,8-9,14,19-22H2,1H3,(H2,41,51)(H,46,50)(H,47,54)(H,48,52)(H,49,53)(H4,42,43,44)/t30-,31-,32-,33-/m0/s1. The third-order valence-corrected chi connectivity index (χ3v) is 8.99. The molecule has 3 aromatic carbocycles. The van der Waals surface area contributed by atoms with Crippen LogP contribution in [0.1, 0.15) is 49.3 Å². The third-order valence-electron chi connectivity index (χ3n) is 8.73. The van der Waals surface area contributed by atoms with Gasteiger partial charge in [0.25, 0.3) is 0 Å². The zero-order valence-corrected chi connectivity index (χ0v) is 30.9. The third kappa shape index (κ3) is 12.7. The van der Waals surface area contributed by atoms with Crippen molar-refractivity contribution >= 4 is 58.0 Å². The number of carbonyl (C=O) groups excluding carboxylic acids is 5. The smallest absolute Gasteiger partial charge is 0.243 e. The second kappa shape index (κ2) is 20.4. The number of nitrogens with zero attached hydrogens (tertiary/aromatic N) is 1. The molecule has 4 atom stereocenters. The Morgan fingerprint density at radius 2 is 1.28 bits per heavy atom. The fraction of sp³-hybridized carbons (Fsp3) is 0.333. The van der Waals surface area contributed by atoms with Crippen LogP contribution < -0.4 is 38.5 Å². The Labute approximate surface area is 319 Å². The molecule has 14 nitrogen and oxygen atoms in total. The molecule has 0 unspecified atom stereocenters. The largest absolute Gasteiger partial charge is 0.370 e. The maximum Gasteiger partial charge on any atom is 0.243 e. The Morgan fingerprint density at radius 3 is 1.93 bits per heavy atom. The van der Waals surface area contributed by atoms with Crippen LogP contribution in [0.2, 0.25) is 5.02 Å². The molecule has 0 aliphatic rings. The quantitative estimate of drug-likeness (QED) is 0.0379. The van der Waals surface area contributed by atoms with E-state index in [0.717, 1.165) is 27.6 Å². The van der Waals surface area contributed by atoms with Gasteiger partial charge >= 0.3 is 0 Å². The Hall–Kier alpha value is -5.89. The van der Waals surface area contributed by atoms with E-state index < -0.39 is 47.8 Å². The Kier molecular flexibility index (Phi) is 15.4. The van der Waals surface area contributed by atoms with Crippen molar-refractivity contribution in [2.24, 2.45) is 22.2 Å². The Bertz CT molecular complexity index is 1910. The van der Waals surface area contributed by atoms with E-state index in [0.29, 0.717) is 17.9 Å². The van der Waals surface area contributed by atoms with E-state index in [4.69, 9.17) is 28.8 Å². The summed E-state index contributed by atoms with van der Waals surface area (Å²) in [7, 11) is 0. The van der Waals surface area contributed by atoms with E-state index in [1.807, 2.05) is 49.4 Å². The zero-order chi connectivity index (χ0) is 39.0. The van der Waals surface area contributed by atoms with E-state index in [-0.39, 0.29) is 50.5 Å². The van der Waals surface area contributed by atoms with Crippen LogP contribution in [0.25, 0.3) is 10.9 Å². The molecule has 54 heavy (non-hydrogen) atoms. The van der Waals surface area contributed by atoms with Crippen molar-refractivity contribution in [3.63, 3.8) is 0 Å². The molecule has 0 spiro atoms. The second-order valence-corrected chi connectivity index (χ2v) is 13.4. The van der Waals surface area contributed by atoms with Crippen LogP contribution in [0.5, 0.6) is 0 Å². The van der Waals surface area contributed by atoms with Gasteiger partial charge in [-0.3, -0.25) is 29.0 Å². The summed E-state index contributed by atoms with van der Waals surface area (Å²) in [6.07, 6.45) is 3.23. The van der Waals surface area contributed by atoms with Gasteiger partial charge in [-0.1, -0.05) is 79.2 Å². The molecule has 0 bridgehead atoms. The summed E-state index contributed by atoms with van der Waals surface area (Å²) in [6, 6.07) is 19.0. The fourth-order valence-corrected chi connectivity index (χ4v) is 6.08. The number of carbonyl (C=O) groups is 5. The molecule has 0 saturated heterocycles. The van der Waals surface area contributed by atoms with Gasteiger partial charge in [0, 0.05) is 54.4 Å². The molecule has 11 N–H and O–H groups in total. The lowest BCUT2D eigenvalue weighted by Gasteiger charge is -2.26. The van der Waals surface area contributed by atoms with E-state index in [9.17, 15) is 24.0 Å². The SMILES string of the molecule is CCCC(=O)N[C@@H](Cc1ccc(Cl)cc1)C(=O)N[C@@H](Cc1ccccc1)C(=O)N[C@@H](CCCN=C(N)N)C(=O)N[C@@H](Cc1c[nH]c2ccccc12)C(N)=O. The van der Waals surface area contributed by atoms with Crippen LogP contribution in [-0.2, 0) is 43.2 Å². The van der Waals surface area contributed by atoms with Gasteiger partial charge in [0.15, 0.2) is 5.96 Å². The normalized spacial score (nSPS) is 13.1. The molecule has 15 heteroatoms. The van der Waals surface area contributed by atoms with Crippen molar-refractivity contribution in [1.82, 2.24) is 26.3 Å². The topological polar surface area (TPSA) is 240 Å². The molecule has 0 fully saturated rings. The molecular formula is C39H48ClN9O5. The summed E-state index contributed by atoms with van der Waals surface area (Å²) in [5, 5.41) is 12.5. The lowest BCUT2D eigenvalue weighted by Crippen LogP contribution is -2.59. The lowest BCUT2D eigenvalue weighted by molar-refractivity contribution is -0.134. The Morgan fingerprint density at radius 1 is 0.704 bits per heavy atom. The first kappa shape index (κ1) is 40.9. The van der Waals surface area contributed by atoms with E-state index in [1.54, 1.807) is 42.6 Å². The van der Waals surface area contributed by atoms with Gasteiger partial charge in [-0.15, -0.1) is 0 Å². The van der Waals surface area contributed by atoms with Gasteiger partial charge in [-0.2, -0.15) is 0 Å². The molecule has 0 radical (unpaired) electrons. The minimum absolute atomic E-state index is 0.0712. The number of nitrogens with one attached hydrogen (secondary N) is 5. The predicted molar refractivity (Wildman–Crippen MR) is 209 cm³/mol. The van der Waals surface area contributed by atoms with Crippen molar-refractivity contribution < 1.29 is 24.0 Å². The molecule has 0 saturated carbocycles. The highest BCUT2D eigenvalue weighted by Gasteiger charge is 2.31. The number of aliphatic imine (C=N–C) groups is 1. The maximum atomic E-state index is 14.1. The highest BCUT2D eigenvalue weighted by molar-refractivity contribution is 6.30. The van der Waals surface area contributed by atoms with E-state index >= 15 is 0 Å². The van der Waals surface area contributed by atoms with E-state index in [1.165, 1.54) is 0 Å². The average molecular weight is 758 g/mol. The van der Waals surface area contributed by atoms with Crippen molar-refractivity contribution in [2.45, 2.75) is 76.0 Å². The van der Waals surface area contributed by atoms with Crippen LogP contribution in [0, 0.1) is 0 Å². The molecule has 5 amide bonds. The van der Waals surface area contributed by atoms with Crippen LogP contribution >= 0.6 is 11.6 Å². The molecular weight excluding hydrogens is 710 g/mol. The summed E-state index contributed by atoms with van der Waals surface area (Å²) < 4.78 is 0. The number of aromatic nitrogens is 1. The van der Waals surface area contributed by atoms with Gasteiger partial charge in [-0.05, 0) is 54.2 Å². The van der Waals surface area contributed by atoms with Crippen molar-refractivity contribution in [2.75, 3.05) is 6.54 Å². The summed E-state index contributed by atoms with van der Waals surface area (Å²) in [5.74, 6) is -3.11. The number of amides is 5. The van der Waals surface area contributed by atoms with Gasteiger partial charge in [0.1, 0.15) is 24.2 Å². The van der Waals surface area contributed by atoms with Crippen LogP contribution in [0.15, 0.2) is 90.1 Å².